The molecule has 4 nitrogen and oxygen atoms in total. The highest BCUT2D eigenvalue weighted by Crippen LogP contribution is 2.30. The van der Waals surface area contributed by atoms with Gasteiger partial charge in [-0.3, -0.25) is 9.69 Å². The molecule has 1 unspecified atom stereocenters. The van der Waals surface area contributed by atoms with Crippen LogP contribution in [-0.4, -0.2) is 49.6 Å². The van der Waals surface area contributed by atoms with E-state index in [1.165, 1.54) is 5.56 Å². The van der Waals surface area contributed by atoms with Crippen LogP contribution in [0.3, 0.4) is 0 Å². The molecule has 0 aromatic heterocycles. The second kappa shape index (κ2) is 5.84. The highest BCUT2D eigenvalue weighted by molar-refractivity contribution is 9.10. The fourth-order valence-electron chi connectivity index (χ4n) is 3.06. The number of fused-ring (bicyclic) bond motifs is 1. The van der Waals surface area contributed by atoms with Crippen molar-refractivity contribution in [1.82, 2.24) is 10.2 Å². The van der Waals surface area contributed by atoms with Crippen molar-refractivity contribution in [3.05, 3.63) is 28.2 Å². The molecule has 0 spiro atoms. The van der Waals surface area contributed by atoms with Gasteiger partial charge in [0.15, 0.2) is 0 Å². The first-order chi connectivity index (χ1) is 9.63. The number of nitrogens with one attached hydrogen (secondary N) is 1. The van der Waals surface area contributed by atoms with E-state index in [9.17, 15) is 4.79 Å². The van der Waals surface area contributed by atoms with Gasteiger partial charge in [0.25, 0.3) is 0 Å². The van der Waals surface area contributed by atoms with Gasteiger partial charge in [-0.05, 0) is 37.1 Å². The minimum absolute atomic E-state index is 0.222. The van der Waals surface area contributed by atoms with Crippen LogP contribution in [0.5, 0.6) is 0 Å². The lowest BCUT2D eigenvalue weighted by Crippen LogP contribution is -2.52. The predicted molar refractivity (Wildman–Crippen MR) is 84.1 cm³/mol. The van der Waals surface area contributed by atoms with E-state index < -0.39 is 0 Å². The lowest BCUT2D eigenvalue weighted by Gasteiger charge is -2.32. The van der Waals surface area contributed by atoms with Crippen molar-refractivity contribution in [3.63, 3.8) is 0 Å². The van der Waals surface area contributed by atoms with E-state index in [0.29, 0.717) is 12.6 Å². The predicted octanol–water partition coefficient (Wildman–Crippen LogP) is 1.63. The lowest BCUT2D eigenvalue weighted by molar-refractivity contribution is -0.119. The monoisotopic (exact) mass is 337 g/mol. The topological polar surface area (TPSA) is 35.6 Å². The van der Waals surface area contributed by atoms with Gasteiger partial charge in [0.2, 0.25) is 5.91 Å². The molecule has 1 aromatic rings. The summed E-state index contributed by atoms with van der Waals surface area (Å²) in [5.41, 5.74) is 2.35. The number of anilines is 1. The minimum atomic E-state index is 0.222. The molecule has 0 saturated carbocycles. The number of rotatable bonds is 2. The summed E-state index contributed by atoms with van der Waals surface area (Å²) in [7, 11) is 0. The first-order valence-corrected chi connectivity index (χ1v) is 7.97. The van der Waals surface area contributed by atoms with E-state index in [1.807, 2.05) is 17.0 Å². The van der Waals surface area contributed by atoms with Crippen LogP contribution in [0.25, 0.3) is 0 Å². The summed E-state index contributed by atoms with van der Waals surface area (Å²) in [5.74, 6) is 0.222. The van der Waals surface area contributed by atoms with Crippen LogP contribution in [-0.2, 0) is 11.2 Å². The highest BCUT2D eigenvalue weighted by Gasteiger charge is 2.27. The molecular weight excluding hydrogens is 318 g/mol. The zero-order valence-electron chi connectivity index (χ0n) is 11.7. The SMILES string of the molecule is CC1CN(CC(=O)N2CCc3cc(Br)ccc32)CCN1. The van der Waals surface area contributed by atoms with Gasteiger partial charge >= 0.3 is 0 Å². The van der Waals surface area contributed by atoms with Crippen LogP contribution in [0.4, 0.5) is 5.69 Å². The van der Waals surface area contributed by atoms with Gasteiger partial charge in [0.05, 0.1) is 6.54 Å². The number of nitrogens with zero attached hydrogens (tertiary/aromatic N) is 2. The number of halogens is 1. The standard InChI is InChI=1S/C15H20BrN3O/c1-11-9-18(7-5-17-11)10-15(20)19-6-4-12-8-13(16)2-3-14(12)19/h2-3,8,11,17H,4-7,9-10H2,1H3. The molecule has 1 saturated heterocycles. The molecule has 1 amide bonds. The molecule has 20 heavy (non-hydrogen) atoms. The van der Waals surface area contributed by atoms with Gasteiger partial charge in [-0.25, -0.2) is 0 Å². The summed E-state index contributed by atoms with van der Waals surface area (Å²) < 4.78 is 1.08. The third kappa shape index (κ3) is 2.90. The number of carbonyl (C=O) groups is 1. The maximum Gasteiger partial charge on any atom is 0.241 e. The average molecular weight is 338 g/mol. The van der Waals surface area contributed by atoms with Gasteiger partial charge in [-0.2, -0.15) is 0 Å². The first kappa shape index (κ1) is 14.0. The Hall–Kier alpha value is -0.910. The Morgan fingerprint density at radius 1 is 1.45 bits per heavy atom. The second-order valence-corrected chi connectivity index (χ2v) is 6.57. The summed E-state index contributed by atoms with van der Waals surface area (Å²) in [6.07, 6.45) is 0.957. The van der Waals surface area contributed by atoms with Crippen molar-refractivity contribution < 1.29 is 4.79 Å². The number of amides is 1. The molecule has 1 aromatic carbocycles. The van der Waals surface area contributed by atoms with Crippen molar-refractivity contribution in [2.24, 2.45) is 0 Å². The summed E-state index contributed by atoms with van der Waals surface area (Å²) in [6.45, 7) is 6.38. The Kier molecular flexibility index (Phi) is 4.10. The third-order valence-electron chi connectivity index (χ3n) is 4.05. The number of hydrogen-bond acceptors (Lipinski definition) is 3. The summed E-state index contributed by atoms with van der Waals surface area (Å²) in [6, 6.07) is 6.65. The molecule has 2 heterocycles. The van der Waals surface area contributed by atoms with Crippen molar-refractivity contribution in [1.29, 1.82) is 0 Å². The molecule has 2 aliphatic rings. The fraction of sp³-hybridized carbons (Fsp3) is 0.533. The first-order valence-electron chi connectivity index (χ1n) is 7.18. The minimum Gasteiger partial charge on any atom is -0.312 e. The molecule has 1 atom stereocenters. The van der Waals surface area contributed by atoms with Crippen LogP contribution in [0.1, 0.15) is 12.5 Å². The number of carbonyl (C=O) groups excluding carboxylic acids is 1. The largest absolute Gasteiger partial charge is 0.312 e. The zero-order valence-corrected chi connectivity index (χ0v) is 13.3. The van der Waals surface area contributed by atoms with Crippen molar-refractivity contribution in [2.75, 3.05) is 37.6 Å². The number of benzene rings is 1. The van der Waals surface area contributed by atoms with Crippen LogP contribution < -0.4 is 10.2 Å². The molecular formula is C15H20BrN3O. The summed E-state index contributed by atoms with van der Waals surface area (Å²) in [5, 5.41) is 3.40. The van der Waals surface area contributed by atoms with Crippen LogP contribution in [0.2, 0.25) is 0 Å². The van der Waals surface area contributed by atoms with E-state index in [0.717, 1.165) is 42.8 Å². The Balaban J connectivity index is 1.67. The quantitative estimate of drug-likeness (QED) is 0.890. The third-order valence-corrected chi connectivity index (χ3v) is 4.54. The Bertz CT molecular complexity index is 520. The molecule has 0 bridgehead atoms. The molecule has 1 N–H and O–H groups in total. The smallest absolute Gasteiger partial charge is 0.241 e. The van der Waals surface area contributed by atoms with E-state index >= 15 is 0 Å². The summed E-state index contributed by atoms with van der Waals surface area (Å²) in [4.78, 5) is 16.7. The highest BCUT2D eigenvalue weighted by atomic mass is 79.9. The van der Waals surface area contributed by atoms with Crippen molar-refractivity contribution >= 4 is 27.5 Å². The Morgan fingerprint density at radius 3 is 3.10 bits per heavy atom. The van der Waals surface area contributed by atoms with Crippen LogP contribution >= 0.6 is 15.9 Å². The molecule has 2 aliphatic heterocycles. The van der Waals surface area contributed by atoms with E-state index in [4.69, 9.17) is 0 Å². The molecule has 3 rings (SSSR count). The van der Waals surface area contributed by atoms with Gasteiger partial charge in [-0.15, -0.1) is 0 Å². The number of hydrogen-bond donors (Lipinski definition) is 1. The van der Waals surface area contributed by atoms with Crippen LogP contribution in [0.15, 0.2) is 22.7 Å². The molecule has 108 valence electrons. The van der Waals surface area contributed by atoms with E-state index in [2.05, 4.69) is 39.1 Å². The van der Waals surface area contributed by atoms with Gasteiger partial charge < -0.3 is 10.2 Å². The van der Waals surface area contributed by atoms with Crippen molar-refractivity contribution in [3.8, 4) is 0 Å². The number of piperazine rings is 1. The van der Waals surface area contributed by atoms with Gasteiger partial charge in [0.1, 0.15) is 0 Å². The zero-order chi connectivity index (χ0) is 14.1. The van der Waals surface area contributed by atoms with Gasteiger partial charge in [0, 0.05) is 42.4 Å². The molecule has 1 fully saturated rings. The normalized spacial score (nSPS) is 22.9. The lowest BCUT2D eigenvalue weighted by atomic mass is 10.2. The average Bonchev–Trinajstić information content (AvgIpc) is 2.81. The summed E-state index contributed by atoms with van der Waals surface area (Å²) >= 11 is 3.49. The molecule has 5 heteroatoms. The molecule has 0 aliphatic carbocycles. The maximum absolute atomic E-state index is 12.5. The second-order valence-electron chi connectivity index (χ2n) is 5.66. The Labute approximate surface area is 128 Å². The van der Waals surface area contributed by atoms with Gasteiger partial charge in [-0.1, -0.05) is 15.9 Å². The van der Waals surface area contributed by atoms with E-state index in [1.54, 1.807) is 0 Å². The fourth-order valence-corrected chi connectivity index (χ4v) is 3.47. The van der Waals surface area contributed by atoms with E-state index in [-0.39, 0.29) is 5.91 Å². The Morgan fingerprint density at radius 2 is 2.30 bits per heavy atom. The van der Waals surface area contributed by atoms with Crippen LogP contribution in [0, 0.1) is 0 Å². The van der Waals surface area contributed by atoms with Crippen molar-refractivity contribution in [2.45, 2.75) is 19.4 Å². The molecule has 0 radical (unpaired) electrons. The maximum atomic E-state index is 12.5.